The van der Waals surface area contributed by atoms with Crippen molar-refractivity contribution in [3.8, 4) is 17.2 Å². The van der Waals surface area contributed by atoms with E-state index in [1.165, 1.54) is 0 Å². The summed E-state index contributed by atoms with van der Waals surface area (Å²) in [6.45, 7) is 0.324. The van der Waals surface area contributed by atoms with Gasteiger partial charge in [-0.05, 0) is 36.4 Å². The number of carbonyl (C=O) groups excluding carboxylic acids is 1. The van der Waals surface area contributed by atoms with Crippen molar-refractivity contribution in [3.63, 3.8) is 0 Å². The van der Waals surface area contributed by atoms with Crippen LogP contribution in [0.4, 0.5) is 0 Å². The molecule has 2 rings (SSSR count). The van der Waals surface area contributed by atoms with E-state index in [-0.39, 0.29) is 0 Å². The normalized spacial score (nSPS) is 10.0. The minimum Gasteiger partial charge on any atom is -0.497 e. The van der Waals surface area contributed by atoms with Gasteiger partial charge in [0.25, 0.3) is 0 Å². The third kappa shape index (κ3) is 3.76. The van der Waals surface area contributed by atoms with Gasteiger partial charge in [-0.15, -0.1) is 0 Å². The highest BCUT2D eigenvalue weighted by atomic mass is 79.9. The molecule has 0 N–H and O–H groups in total. The summed E-state index contributed by atoms with van der Waals surface area (Å²) in [6.07, 6.45) is 0.748. The lowest BCUT2D eigenvalue weighted by Gasteiger charge is -2.11. The number of rotatable bonds is 6. The number of hydrogen-bond acceptors (Lipinski definition) is 4. The fourth-order valence-corrected chi connectivity index (χ4v) is 2.18. The first kappa shape index (κ1) is 15.4. The van der Waals surface area contributed by atoms with Crippen molar-refractivity contribution >= 4 is 22.2 Å². The van der Waals surface area contributed by atoms with Gasteiger partial charge in [0.1, 0.15) is 23.9 Å². The Kier molecular flexibility index (Phi) is 5.22. The largest absolute Gasteiger partial charge is 0.497 e. The van der Waals surface area contributed by atoms with Gasteiger partial charge in [0.2, 0.25) is 0 Å². The number of benzene rings is 2. The molecular weight excluding hydrogens is 336 g/mol. The molecule has 0 aliphatic heterocycles. The lowest BCUT2D eigenvalue weighted by molar-refractivity contribution is 0.111. The monoisotopic (exact) mass is 350 g/mol. The second kappa shape index (κ2) is 7.13. The van der Waals surface area contributed by atoms with Crippen LogP contribution in [-0.2, 0) is 6.61 Å². The molecule has 2 aromatic rings. The third-order valence-corrected chi connectivity index (χ3v) is 3.75. The Hall–Kier alpha value is -2.01. The van der Waals surface area contributed by atoms with E-state index in [1.54, 1.807) is 32.4 Å². The zero-order chi connectivity index (χ0) is 15.2. The summed E-state index contributed by atoms with van der Waals surface area (Å²) in [4.78, 5) is 11.1. The molecular formula is C16H15BrO4. The van der Waals surface area contributed by atoms with Gasteiger partial charge >= 0.3 is 0 Å². The second-order valence-corrected chi connectivity index (χ2v) is 5.12. The molecule has 0 aromatic heterocycles. The first-order chi connectivity index (χ1) is 10.2. The highest BCUT2D eigenvalue weighted by Gasteiger charge is 2.08. The summed E-state index contributed by atoms with van der Waals surface area (Å²) in [5.41, 5.74) is 1.38. The number of hydrogen-bond donors (Lipinski definition) is 0. The molecule has 0 amide bonds. The minimum absolute atomic E-state index is 0.324. The van der Waals surface area contributed by atoms with Crippen LogP contribution >= 0.6 is 15.9 Å². The summed E-state index contributed by atoms with van der Waals surface area (Å²) < 4.78 is 16.9. The fraction of sp³-hybridized carbons (Fsp3) is 0.188. The molecule has 0 aliphatic rings. The van der Waals surface area contributed by atoms with Gasteiger partial charge in [0.05, 0.1) is 19.8 Å². The summed E-state index contributed by atoms with van der Waals surface area (Å²) >= 11 is 3.47. The average Bonchev–Trinajstić information content (AvgIpc) is 2.54. The van der Waals surface area contributed by atoms with E-state index in [0.717, 1.165) is 22.1 Å². The van der Waals surface area contributed by atoms with Crippen molar-refractivity contribution in [1.82, 2.24) is 0 Å². The molecule has 110 valence electrons. The molecule has 0 bridgehead atoms. The van der Waals surface area contributed by atoms with Gasteiger partial charge in [0, 0.05) is 10.0 Å². The molecule has 0 atom stereocenters. The van der Waals surface area contributed by atoms with E-state index in [0.29, 0.717) is 23.7 Å². The number of methoxy groups -OCH3 is 2. The van der Waals surface area contributed by atoms with Crippen LogP contribution in [-0.4, -0.2) is 20.5 Å². The highest BCUT2D eigenvalue weighted by Crippen LogP contribution is 2.26. The summed E-state index contributed by atoms with van der Waals surface area (Å²) in [5, 5.41) is 0. The molecule has 4 nitrogen and oxygen atoms in total. The molecule has 0 heterocycles. The van der Waals surface area contributed by atoms with Gasteiger partial charge in [-0.3, -0.25) is 4.79 Å². The van der Waals surface area contributed by atoms with E-state index >= 15 is 0 Å². The van der Waals surface area contributed by atoms with Crippen molar-refractivity contribution in [3.05, 3.63) is 52.0 Å². The van der Waals surface area contributed by atoms with E-state index in [2.05, 4.69) is 15.9 Å². The van der Waals surface area contributed by atoms with Crippen molar-refractivity contribution in [2.45, 2.75) is 6.61 Å². The first-order valence-corrected chi connectivity index (χ1v) is 7.05. The first-order valence-electron chi connectivity index (χ1n) is 6.26. The Bertz CT molecular complexity index is 640. The van der Waals surface area contributed by atoms with Crippen LogP contribution in [0.5, 0.6) is 17.2 Å². The highest BCUT2D eigenvalue weighted by molar-refractivity contribution is 9.10. The maximum absolute atomic E-state index is 11.1. The SMILES string of the molecule is COc1ccc(OCc2cc(OC)ccc2Br)c(C=O)c1. The molecule has 0 aliphatic carbocycles. The van der Waals surface area contributed by atoms with E-state index in [9.17, 15) is 4.79 Å². The summed E-state index contributed by atoms with van der Waals surface area (Å²) in [5.74, 6) is 1.88. The molecule has 2 aromatic carbocycles. The predicted molar refractivity (Wildman–Crippen MR) is 83.4 cm³/mol. The van der Waals surface area contributed by atoms with Crippen LogP contribution in [0.2, 0.25) is 0 Å². The number of ether oxygens (including phenoxy) is 3. The van der Waals surface area contributed by atoms with Crippen molar-refractivity contribution in [1.29, 1.82) is 0 Å². The lowest BCUT2D eigenvalue weighted by atomic mass is 10.2. The topological polar surface area (TPSA) is 44.8 Å². The standard InChI is InChI=1S/C16H15BrO4/c1-19-13-3-5-15(17)12(8-13)10-21-16-6-4-14(20-2)7-11(16)9-18/h3-9H,10H2,1-2H3. The van der Waals surface area contributed by atoms with Gasteiger partial charge in [0.15, 0.2) is 6.29 Å². The third-order valence-electron chi connectivity index (χ3n) is 2.98. The van der Waals surface area contributed by atoms with Crippen molar-refractivity contribution in [2.24, 2.45) is 0 Å². The zero-order valence-corrected chi connectivity index (χ0v) is 13.3. The fourth-order valence-electron chi connectivity index (χ4n) is 1.82. The Morgan fingerprint density at radius 2 is 1.71 bits per heavy atom. The van der Waals surface area contributed by atoms with Crippen LogP contribution in [0.3, 0.4) is 0 Å². The average molecular weight is 351 g/mol. The van der Waals surface area contributed by atoms with Crippen molar-refractivity contribution in [2.75, 3.05) is 14.2 Å². The molecule has 0 spiro atoms. The molecule has 0 radical (unpaired) electrons. The van der Waals surface area contributed by atoms with Crippen LogP contribution < -0.4 is 14.2 Å². The smallest absolute Gasteiger partial charge is 0.153 e. The van der Waals surface area contributed by atoms with Crippen LogP contribution in [0, 0.1) is 0 Å². The number of aldehydes is 1. The van der Waals surface area contributed by atoms with E-state index < -0.39 is 0 Å². The summed E-state index contributed by atoms with van der Waals surface area (Å²) in [7, 11) is 3.17. The molecule has 5 heteroatoms. The van der Waals surface area contributed by atoms with E-state index in [1.807, 2.05) is 18.2 Å². The molecule has 21 heavy (non-hydrogen) atoms. The Morgan fingerprint density at radius 3 is 2.38 bits per heavy atom. The maximum Gasteiger partial charge on any atom is 0.153 e. The predicted octanol–water partition coefficient (Wildman–Crippen LogP) is 3.86. The van der Waals surface area contributed by atoms with Crippen molar-refractivity contribution < 1.29 is 19.0 Å². The summed E-state index contributed by atoms with van der Waals surface area (Å²) in [6, 6.07) is 10.8. The van der Waals surface area contributed by atoms with E-state index in [4.69, 9.17) is 14.2 Å². The molecule has 0 fully saturated rings. The Morgan fingerprint density at radius 1 is 1.05 bits per heavy atom. The minimum atomic E-state index is 0.324. The Labute approximate surface area is 131 Å². The Balaban J connectivity index is 2.18. The second-order valence-electron chi connectivity index (χ2n) is 4.27. The quantitative estimate of drug-likeness (QED) is 0.742. The van der Waals surface area contributed by atoms with Gasteiger partial charge in [-0.1, -0.05) is 15.9 Å². The molecule has 0 unspecified atom stereocenters. The number of carbonyl (C=O) groups is 1. The van der Waals surface area contributed by atoms with Crippen LogP contribution in [0.1, 0.15) is 15.9 Å². The lowest BCUT2D eigenvalue weighted by Crippen LogP contribution is -2.00. The van der Waals surface area contributed by atoms with Gasteiger partial charge in [-0.2, -0.15) is 0 Å². The van der Waals surface area contributed by atoms with Gasteiger partial charge in [-0.25, -0.2) is 0 Å². The molecule has 0 saturated carbocycles. The van der Waals surface area contributed by atoms with Gasteiger partial charge < -0.3 is 14.2 Å². The number of halogens is 1. The molecule has 0 saturated heterocycles. The maximum atomic E-state index is 11.1. The zero-order valence-electron chi connectivity index (χ0n) is 11.8. The van der Waals surface area contributed by atoms with Crippen LogP contribution in [0.25, 0.3) is 0 Å². The van der Waals surface area contributed by atoms with Crippen LogP contribution in [0.15, 0.2) is 40.9 Å².